The van der Waals surface area contributed by atoms with Crippen LogP contribution in [0, 0.1) is 0 Å². The summed E-state index contributed by atoms with van der Waals surface area (Å²) in [6.07, 6.45) is -2.98. The zero-order valence-corrected chi connectivity index (χ0v) is 5.95. The molecule has 0 aromatic carbocycles. The van der Waals surface area contributed by atoms with Crippen LogP contribution in [0.2, 0.25) is 0 Å². The molecule has 0 saturated carbocycles. The number of alkyl halides is 1. The zero-order chi connectivity index (χ0) is 8.65. The van der Waals surface area contributed by atoms with Gasteiger partial charge < -0.3 is 14.9 Å². The van der Waals surface area contributed by atoms with Gasteiger partial charge in [0.15, 0.2) is 6.29 Å². The molecule has 0 amide bonds. The second-order valence-electron chi connectivity index (χ2n) is 2.60. The van der Waals surface area contributed by atoms with E-state index in [1.54, 1.807) is 0 Å². The van der Waals surface area contributed by atoms with E-state index < -0.39 is 30.5 Å². The molecule has 0 radical (unpaired) electrons. The standard InChI is InChI=1S/C6H9FO4/c1-6(7)4(9)3(2-8)11-5(6)10/h3,5,8,10H,2H2,1H3/t3-,5?,6-/m1/s1. The quantitative estimate of drug-likeness (QED) is 0.521. The molecule has 1 heterocycles. The summed E-state index contributed by atoms with van der Waals surface area (Å²) in [5.74, 6) is -0.910. The lowest BCUT2D eigenvalue weighted by Gasteiger charge is -2.12. The van der Waals surface area contributed by atoms with Crippen molar-refractivity contribution in [2.24, 2.45) is 0 Å². The maximum atomic E-state index is 13.0. The third-order valence-corrected chi connectivity index (χ3v) is 1.70. The van der Waals surface area contributed by atoms with Crippen molar-refractivity contribution in [1.29, 1.82) is 0 Å². The predicted molar refractivity (Wildman–Crippen MR) is 32.5 cm³/mol. The molecule has 0 aromatic heterocycles. The van der Waals surface area contributed by atoms with Gasteiger partial charge in [-0.1, -0.05) is 0 Å². The smallest absolute Gasteiger partial charge is 0.218 e. The maximum Gasteiger partial charge on any atom is 0.218 e. The molecule has 0 aromatic rings. The van der Waals surface area contributed by atoms with Gasteiger partial charge in [-0.05, 0) is 6.92 Å². The third kappa shape index (κ3) is 1.15. The summed E-state index contributed by atoms with van der Waals surface area (Å²) in [5, 5.41) is 17.3. The molecule has 1 aliphatic heterocycles. The van der Waals surface area contributed by atoms with Gasteiger partial charge in [0, 0.05) is 0 Å². The Kier molecular flexibility index (Phi) is 1.96. The highest BCUT2D eigenvalue weighted by Gasteiger charge is 2.53. The van der Waals surface area contributed by atoms with Crippen LogP contribution in [0.5, 0.6) is 0 Å². The second kappa shape index (κ2) is 2.51. The largest absolute Gasteiger partial charge is 0.393 e. The Labute approximate surface area is 62.6 Å². The number of ether oxygens (including phenoxy) is 1. The summed E-state index contributed by atoms with van der Waals surface area (Å²) in [5.41, 5.74) is -2.38. The SMILES string of the molecule is C[C@@]1(F)C(=O)[C@@H](CO)OC1O. The van der Waals surface area contributed by atoms with E-state index >= 15 is 0 Å². The Morgan fingerprint density at radius 3 is 2.55 bits per heavy atom. The highest BCUT2D eigenvalue weighted by molar-refractivity contribution is 5.93. The summed E-state index contributed by atoms with van der Waals surface area (Å²) in [4.78, 5) is 10.8. The Morgan fingerprint density at radius 2 is 2.36 bits per heavy atom. The van der Waals surface area contributed by atoms with Crippen molar-refractivity contribution in [1.82, 2.24) is 0 Å². The lowest BCUT2D eigenvalue weighted by Crippen LogP contribution is -2.37. The van der Waals surface area contributed by atoms with Gasteiger partial charge in [0.05, 0.1) is 6.61 Å². The number of Topliss-reactive ketones (excluding diaryl/α,β-unsaturated/α-hetero) is 1. The molecule has 11 heavy (non-hydrogen) atoms. The van der Waals surface area contributed by atoms with E-state index in [1.165, 1.54) is 0 Å². The number of aliphatic hydroxyl groups excluding tert-OH is 2. The minimum absolute atomic E-state index is 0.602. The molecule has 1 unspecified atom stereocenters. The van der Waals surface area contributed by atoms with E-state index in [4.69, 9.17) is 10.2 Å². The summed E-state index contributed by atoms with van der Waals surface area (Å²) < 4.78 is 17.4. The minimum atomic E-state index is -2.38. The van der Waals surface area contributed by atoms with Gasteiger partial charge in [-0.2, -0.15) is 0 Å². The molecule has 5 heteroatoms. The molecule has 0 bridgehead atoms. The van der Waals surface area contributed by atoms with Crippen molar-refractivity contribution in [3.05, 3.63) is 0 Å². The van der Waals surface area contributed by atoms with Crippen LogP contribution in [0.4, 0.5) is 4.39 Å². The van der Waals surface area contributed by atoms with Gasteiger partial charge in [0.2, 0.25) is 11.5 Å². The Bertz CT molecular complexity index is 179. The second-order valence-corrected chi connectivity index (χ2v) is 2.60. The first-order chi connectivity index (χ1) is 5.00. The molecule has 1 saturated heterocycles. The summed E-state index contributed by atoms with van der Waals surface area (Å²) in [6.45, 7) is 0.324. The number of hydrogen-bond donors (Lipinski definition) is 2. The topological polar surface area (TPSA) is 66.8 Å². The summed E-state index contributed by atoms with van der Waals surface area (Å²) in [6, 6.07) is 0. The number of ketones is 1. The summed E-state index contributed by atoms with van der Waals surface area (Å²) >= 11 is 0. The van der Waals surface area contributed by atoms with E-state index in [0.29, 0.717) is 0 Å². The molecule has 4 nitrogen and oxygen atoms in total. The lowest BCUT2D eigenvalue weighted by molar-refractivity contribution is -0.143. The highest BCUT2D eigenvalue weighted by Crippen LogP contribution is 2.28. The van der Waals surface area contributed by atoms with Crippen molar-refractivity contribution in [3.63, 3.8) is 0 Å². The van der Waals surface area contributed by atoms with Crippen molar-refractivity contribution in [3.8, 4) is 0 Å². The first-order valence-electron chi connectivity index (χ1n) is 3.17. The van der Waals surface area contributed by atoms with Crippen molar-refractivity contribution in [2.45, 2.75) is 25.0 Å². The first-order valence-corrected chi connectivity index (χ1v) is 3.17. The Balaban J connectivity index is 2.80. The first kappa shape index (κ1) is 8.58. The highest BCUT2D eigenvalue weighted by atomic mass is 19.1. The number of rotatable bonds is 1. The predicted octanol–water partition coefficient (Wildman–Crippen LogP) is -1.01. The van der Waals surface area contributed by atoms with Crippen molar-refractivity contribution >= 4 is 5.78 Å². The number of hydrogen-bond acceptors (Lipinski definition) is 4. The van der Waals surface area contributed by atoms with E-state index in [1.807, 2.05) is 0 Å². The molecular weight excluding hydrogens is 155 g/mol. The number of carbonyl (C=O) groups is 1. The fourth-order valence-electron chi connectivity index (χ4n) is 0.908. The van der Waals surface area contributed by atoms with Gasteiger partial charge in [-0.25, -0.2) is 4.39 Å². The van der Waals surface area contributed by atoms with Crippen LogP contribution >= 0.6 is 0 Å². The molecule has 3 atom stereocenters. The molecule has 0 spiro atoms. The van der Waals surface area contributed by atoms with E-state index in [-0.39, 0.29) is 0 Å². The van der Waals surface area contributed by atoms with Crippen LogP contribution in [-0.4, -0.2) is 40.7 Å². The van der Waals surface area contributed by atoms with Crippen molar-refractivity contribution < 1.29 is 24.1 Å². The van der Waals surface area contributed by atoms with E-state index in [2.05, 4.69) is 4.74 Å². The van der Waals surface area contributed by atoms with Crippen LogP contribution < -0.4 is 0 Å². The van der Waals surface area contributed by atoms with Gasteiger partial charge >= 0.3 is 0 Å². The van der Waals surface area contributed by atoms with Gasteiger partial charge in [-0.15, -0.1) is 0 Å². The monoisotopic (exact) mass is 164 g/mol. The van der Waals surface area contributed by atoms with Crippen molar-refractivity contribution in [2.75, 3.05) is 6.61 Å². The lowest BCUT2D eigenvalue weighted by atomic mass is 10.0. The molecule has 1 fully saturated rings. The van der Waals surface area contributed by atoms with E-state index in [9.17, 15) is 9.18 Å². The van der Waals surface area contributed by atoms with E-state index in [0.717, 1.165) is 6.92 Å². The molecule has 2 N–H and O–H groups in total. The van der Waals surface area contributed by atoms with Crippen LogP contribution in [0.15, 0.2) is 0 Å². The fourth-order valence-corrected chi connectivity index (χ4v) is 0.908. The molecule has 0 aliphatic carbocycles. The number of halogens is 1. The Morgan fingerprint density at radius 1 is 1.82 bits per heavy atom. The Hall–Kier alpha value is -0.520. The minimum Gasteiger partial charge on any atom is -0.393 e. The summed E-state index contributed by atoms with van der Waals surface area (Å²) in [7, 11) is 0. The zero-order valence-electron chi connectivity index (χ0n) is 5.95. The molecule has 1 rings (SSSR count). The molecular formula is C6H9FO4. The molecule has 64 valence electrons. The normalized spacial score (nSPS) is 44.9. The van der Waals surface area contributed by atoms with Gasteiger partial charge in [0.1, 0.15) is 6.10 Å². The molecule has 1 aliphatic rings. The third-order valence-electron chi connectivity index (χ3n) is 1.70. The van der Waals surface area contributed by atoms with Gasteiger partial charge in [-0.3, -0.25) is 4.79 Å². The average Bonchev–Trinajstić information content (AvgIpc) is 2.14. The van der Waals surface area contributed by atoms with Crippen LogP contribution in [0.1, 0.15) is 6.92 Å². The van der Waals surface area contributed by atoms with Gasteiger partial charge in [0.25, 0.3) is 0 Å². The number of carbonyl (C=O) groups excluding carboxylic acids is 1. The maximum absolute atomic E-state index is 13.0. The van der Waals surface area contributed by atoms with Crippen LogP contribution in [-0.2, 0) is 9.53 Å². The average molecular weight is 164 g/mol. The van der Waals surface area contributed by atoms with Crippen LogP contribution in [0.25, 0.3) is 0 Å². The fraction of sp³-hybridized carbons (Fsp3) is 0.833. The van der Waals surface area contributed by atoms with Crippen LogP contribution in [0.3, 0.4) is 0 Å². The number of aliphatic hydroxyl groups is 2.